The molecular weight excluding hydrogens is 214 g/mol. The van der Waals surface area contributed by atoms with Crippen LogP contribution >= 0.6 is 0 Å². The SMILES string of the molecule is CCC(C)(O)CNCCc1ccc(OC)cc1. The average molecular weight is 237 g/mol. The molecule has 3 heteroatoms. The minimum atomic E-state index is -0.597. The van der Waals surface area contributed by atoms with E-state index in [4.69, 9.17) is 4.74 Å². The summed E-state index contributed by atoms with van der Waals surface area (Å²) in [5.41, 5.74) is 0.675. The quantitative estimate of drug-likeness (QED) is 0.713. The molecule has 1 unspecified atom stereocenters. The Hall–Kier alpha value is -1.06. The van der Waals surface area contributed by atoms with Crippen molar-refractivity contribution in [1.29, 1.82) is 0 Å². The van der Waals surface area contributed by atoms with E-state index in [9.17, 15) is 5.11 Å². The first kappa shape index (κ1) is 14.0. The van der Waals surface area contributed by atoms with Gasteiger partial charge in [-0.05, 0) is 44.0 Å². The van der Waals surface area contributed by atoms with E-state index in [2.05, 4.69) is 17.4 Å². The number of hydrogen-bond donors (Lipinski definition) is 2. The number of benzene rings is 1. The molecule has 1 aromatic carbocycles. The van der Waals surface area contributed by atoms with Crippen molar-refractivity contribution in [2.45, 2.75) is 32.3 Å². The molecule has 0 spiro atoms. The number of aliphatic hydroxyl groups is 1. The van der Waals surface area contributed by atoms with Gasteiger partial charge < -0.3 is 15.2 Å². The maximum Gasteiger partial charge on any atom is 0.118 e. The summed E-state index contributed by atoms with van der Waals surface area (Å²) >= 11 is 0. The van der Waals surface area contributed by atoms with Crippen molar-refractivity contribution in [3.8, 4) is 5.75 Å². The molecule has 3 nitrogen and oxygen atoms in total. The molecule has 0 aliphatic rings. The highest BCUT2D eigenvalue weighted by Gasteiger charge is 2.15. The van der Waals surface area contributed by atoms with Crippen molar-refractivity contribution in [2.75, 3.05) is 20.2 Å². The van der Waals surface area contributed by atoms with Gasteiger partial charge in [-0.1, -0.05) is 19.1 Å². The molecule has 0 saturated heterocycles. The summed E-state index contributed by atoms with van der Waals surface area (Å²) in [7, 11) is 1.67. The van der Waals surface area contributed by atoms with Gasteiger partial charge in [0.05, 0.1) is 12.7 Å². The molecule has 0 amide bonds. The molecule has 2 N–H and O–H groups in total. The van der Waals surface area contributed by atoms with Crippen LogP contribution in [0.2, 0.25) is 0 Å². The second-order valence-corrected chi connectivity index (χ2v) is 4.63. The molecule has 1 aromatic rings. The van der Waals surface area contributed by atoms with Crippen LogP contribution in [-0.4, -0.2) is 30.9 Å². The summed E-state index contributed by atoms with van der Waals surface area (Å²) in [4.78, 5) is 0. The van der Waals surface area contributed by atoms with Gasteiger partial charge in [-0.15, -0.1) is 0 Å². The first-order valence-electron chi connectivity index (χ1n) is 6.13. The molecule has 17 heavy (non-hydrogen) atoms. The zero-order valence-corrected chi connectivity index (χ0v) is 11.0. The molecule has 96 valence electrons. The molecule has 1 rings (SSSR count). The van der Waals surface area contributed by atoms with Crippen molar-refractivity contribution in [2.24, 2.45) is 0 Å². The van der Waals surface area contributed by atoms with Gasteiger partial charge in [0.25, 0.3) is 0 Å². The Morgan fingerprint density at radius 2 is 1.94 bits per heavy atom. The molecule has 0 saturated carbocycles. The summed E-state index contributed by atoms with van der Waals surface area (Å²) in [6.45, 7) is 5.36. The Morgan fingerprint density at radius 1 is 1.29 bits per heavy atom. The summed E-state index contributed by atoms with van der Waals surface area (Å²) < 4.78 is 5.11. The highest BCUT2D eigenvalue weighted by Crippen LogP contribution is 2.11. The second kappa shape index (κ2) is 6.62. The standard InChI is InChI=1S/C14H23NO2/c1-4-14(2,16)11-15-10-9-12-5-7-13(17-3)8-6-12/h5-8,15-16H,4,9-11H2,1-3H3. The van der Waals surface area contributed by atoms with Crippen molar-refractivity contribution in [3.63, 3.8) is 0 Å². The topological polar surface area (TPSA) is 41.5 Å². The van der Waals surface area contributed by atoms with Crippen LogP contribution in [-0.2, 0) is 6.42 Å². The Labute approximate surface area is 104 Å². The van der Waals surface area contributed by atoms with Crippen LogP contribution in [0.4, 0.5) is 0 Å². The number of hydrogen-bond acceptors (Lipinski definition) is 3. The lowest BCUT2D eigenvalue weighted by atomic mass is 10.0. The summed E-state index contributed by atoms with van der Waals surface area (Å²) in [5.74, 6) is 0.885. The van der Waals surface area contributed by atoms with Crippen LogP contribution in [0.25, 0.3) is 0 Å². The molecule has 1 atom stereocenters. The minimum Gasteiger partial charge on any atom is -0.497 e. The molecular formula is C14H23NO2. The predicted octanol–water partition coefficient (Wildman–Crippen LogP) is 1.99. The van der Waals surface area contributed by atoms with Gasteiger partial charge in [-0.3, -0.25) is 0 Å². The fraction of sp³-hybridized carbons (Fsp3) is 0.571. The van der Waals surface area contributed by atoms with Gasteiger partial charge in [0.15, 0.2) is 0 Å². The fourth-order valence-corrected chi connectivity index (χ4v) is 1.51. The van der Waals surface area contributed by atoms with E-state index in [0.717, 1.165) is 25.1 Å². The highest BCUT2D eigenvalue weighted by atomic mass is 16.5. The van der Waals surface area contributed by atoms with E-state index in [-0.39, 0.29) is 0 Å². The molecule has 0 heterocycles. The average Bonchev–Trinajstić information content (AvgIpc) is 2.35. The molecule has 0 radical (unpaired) electrons. The lowest BCUT2D eigenvalue weighted by Gasteiger charge is -2.21. The van der Waals surface area contributed by atoms with E-state index in [1.807, 2.05) is 26.0 Å². The summed E-state index contributed by atoms with van der Waals surface area (Å²) in [6, 6.07) is 8.08. The zero-order chi connectivity index (χ0) is 12.7. The van der Waals surface area contributed by atoms with Crippen molar-refractivity contribution in [1.82, 2.24) is 5.32 Å². The Morgan fingerprint density at radius 3 is 2.47 bits per heavy atom. The molecule has 0 aromatic heterocycles. The van der Waals surface area contributed by atoms with Crippen molar-refractivity contribution in [3.05, 3.63) is 29.8 Å². The zero-order valence-electron chi connectivity index (χ0n) is 11.0. The smallest absolute Gasteiger partial charge is 0.118 e. The molecule has 0 bridgehead atoms. The monoisotopic (exact) mass is 237 g/mol. The molecule has 0 aliphatic carbocycles. The second-order valence-electron chi connectivity index (χ2n) is 4.63. The van der Waals surface area contributed by atoms with Crippen molar-refractivity contribution < 1.29 is 9.84 Å². The molecule has 0 aliphatic heterocycles. The Bertz CT molecular complexity index is 319. The van der Waals surface area contributed by atoms with E-state index < -0.39 is 5.60 Å². The number of ether oxygens (including phenoxy) is 1. The maximum atomic E-state index is 9.81. The van der Waals surface area contributed by atoms with Gasteiger partial charge >= 0.3 is 0 Å². The molecule has 0 fully saturated rings. The van der Waals surface area contributed by atoms with Gasteiger partial charge in [-0.2, -0.15) is 0 Å². The minimum absolute atomic E-state index is 0.597. The number of nitrogens with one attached hydrogen (secondary N) is 1. The van der Waals surface area contributed by atoms with Crippen LogP contribution in [0.5, 0.6) is 5.75 Å². The predicted molar refractivity (Wildman–Crippen MR) is 70.5 cm³/mol. The van der Waals surface area contributed by atoms with Gasteiger partial charge in [0.1, 0.15) is 5.75 Å². The van der Waals surface area contributed by atoms with E-state index >= 15 is 0 Å². The Kier molecular flexibility index (Phi) is 5.45. The first-order chi connectivity index (χ1) is 8.07. The van der Waals surface area contributed by atoms with Crippen LogP contribution in [0, 0.1) is 0 Å². The van der Waals surface area contributed by atoms with Crippen LogP contribution in [0.1, 0.15) is 25.8 Å². The highest BCUT2D eigenvalue weighted by molar-refractivity contribution is 5.27. The lowest BCUT2D eigenvalue weighted by Crippen LogP contribution is -2.37. The van der Waals surface area contributed by atoms with Gasteiger partial charge in [-0.25, -0.2) is 0 Å². The van der Waals surface area contributed by atoms with Crippen LogP contribution in [0.3, 0.4) is 0 Å². The Balaban J connectivity index is 2.26. The maximum absolute atomic E-state index is 9.81. The lowest BCUT2D eigenvalue weighted by molar-refractivity contribution is 0.0561. The normalized spacial score (nSPS) is 14.4. The first-order valence-corrected chi connectivity index (χ1v) is 6.13. The van der Waals surface area contributed by atoms with Crippen LogP contribution in [0.15, 0.2) is 24.3 Å². The van der Waals surface area contributed by atoms with Gasteiger partial charge in [0.2, 0.25) is 0 Å². The largest absolute Gasteiger partial charge is 0.497 e. The van der Waals surface area contributed by atoms with E-state index in [1.165, 1.54) is 5.56 Å². The fourth-order valence-electron chi connectivity index (χ4n) is 1.51. The van der Waals surface area contributed by atoms with E-state index in [0.29, 0.717) is 6.54 Å². The third kappa shape index (κ3) is 5.20. The van der Waals surface area contributed by atoms with Crippen molar-refractivity contribution >= 4 is 0 Å². The van der Waals surface area contributed by atoms with E-state index in [1.54, 1.807) is 7.11 Å². The summed E-state index contributed by atoms with van der Waals surface area (Å²) in [6.07, 6.45) is 1.73. The third-order valence-corrected chi connectivity index (χ3v) is 3.02. The number of rotatable bonds is 7. The van der Waals surface area contributed by atoms with Crippen LogP contribution < -0.4 is 10.1 Å². The summed E-state index contributed by atoms with van der Waals surface area (Å²) in [5, 5.41) is 13.1. The third-order valence-electron chi connectivity index (χ3n) is 3.02. The number of methoxy groups -OCH3 is 1. The van der Waals surface area contributed by atoms with Gasteiger partial charge in [0, 0.05) is 6.54 Å².